The number of hydrogen-bond donors (Lipinski definition) is 1. The number of imidazole rings is 1. The molecule has 1 aromatic carbocycles. The number of fused-ring (bicyclic) bond motifs is 1. The summed E-state index contributed by atoms with van der Waals surface area (Å²) in [5, 5.41) is 8.95. The van der Waals surface area contributed by atoms with Crippen LogP contribution in [0.15, 0.2) is 18.2 Å². The summed E-state index contributed by atoms with van der Waals surface area (Å²) >= 11 is 0. The van der Waals surface area contributed by atoms with Gasteiger partial charge in [-0.05, 0) is 39.0 Å². The predicted molar refractivity (Wildman–Crippen MR) is 64.6 cm³/mol. The molecule has 1 heterocycles. The molecule has 0 aliphatic carbocycles. The van der Waals surface area contributed by atoms with Gasteiger partial charge in [-0.25, -0.2) is 4.98 Å². The molecule has 0 bridgehead atoms. The molecule has 0 saturated carbocycles. The number of rotatable bonds is 2. The molecule has 4 heteroatoms. The fraction of sp³-hybridized carbons (Fsp3) is 0.308. The van der Waals surface area contributed by atoms with Gasteiger partial charge in [0.15, 0.2) is 5.78 Å². The van der Waals surface area contributed by atoms with Crippen molar-refractivity contribution >= 4 is 16.8 Å². The first-order chi connectivity index (χ1) is 7.94. The number of carbonyl (C=O) groups is 1. The van der Waals surface area contributed by atoms with Gasteiger partial charge in [0.25, 0.3) is 0 Å². The van der Waals surface area contributed by atoms with Crippen LogP contribution in [0.3, 0.4) is 0 Å². The van der Waals surface area contributed by atoms with Crippen molar-refractivity contribution in [3.8, 4) is 6.07 Å². The number of benzene rings is 1. The van der Waals surface area contributed by atoms with Gasteiger partial charge in [-0.15, -0.1) is 0 Å². The van der Waals surface area contributed by atoms with Crippen LogP contribution in [-0.2, 0) is 0 Å². The van der Waals surface area contributed by atoms with Gasteiger partial charge in [0.2, 0.25) is 0 Å². The molecule has 0 saturated heterocycles. The number of nitrogens with one attached hydrogen (secondary N) is 1. The van der Waals surface area contributed by atoms with E-state index >= 15 is 0 Å². The summed E-state index contributed by atoms with van der Waals surface area (Å²) in [6, 6.07) is 7.27. The zero-order chi connectivity index (χ0) is 12.6. The van der Waals surface area contributed by atoms with Crippen LogP contribution in [-0.4, -0.2) is 15.8 Å². The van der Waals surface area contributed by atoms with Gasteiger partial charge in [0.05, 0.1) is 17.1 Å². The summed E-state index contributed by atoms with van der Waals surface area (Å²) in [6.45, 7) is 5.11. The Labute approximate surface area is 99.3 Å². The van der Waals surface area contributed by atoms with Crippen LogP contribution < -0.4 is 0 Å². The van der Waals surface area contributed by atoms with Crippen molar-refractivity contribution in [3.05, 3.63) is 29.6 Å². The van der Waals surface area contributed by atoms with Crippen molar-refractivity contribution in [2.45, 2.75) is 20.8 Å². The van der Waals surface area contributed by atoms with E-state index in [4.69, 9.17) is 5.26 Å². The average Bonchev–Trinajstić information content (AvgIpc) is 2.66. The Morgan fingerprint density at radius 1 is 1.47 bits per heavy atom. The highest BCUT2D eigenvalue weighted by Gasteiger charge is 2.28. The van der Waals surface area contributed by atoms with E-state index in [1.807, 2.05) is 13.0 Å². The molecule has 4 nitrogen and oxygen atoms in total. The first kappa shape index (κ1) is 11.3. The largest absolute Gasteiger partial charge is 0.342 e. The Balaban J connectivity index is 2.50. The van der Waals surface area contributed by atoms with Crippen molar-refractivity contribution in [1.82, 2.24) is 9.97 Å². The van der Waals surface area contributed by atoms with Crippen molar-refractivity contribution in [2.75, 3.05) is 0 Å². The minimum absolute atomic E-state index is 0.172. The van der Waals surface area contributed by atoms with Crippen LogP contribution in [0, 0.1) is 23.7 Å². The maximum atomic E-state index is 12.1. The molecule has 1 aromatic heterocycles. The van der Waals surface area contributed by atoms with Crippen molar-refractivity contribution in [2.24, 2.45) is 5.41 Å². The monoisotopic (exact) mass is 227 g/mol. The Bertz CT molecular complexity index is 632. The first-order valence-electron chi connectivity index (χ1n) is 5.36. The second-order valence-corrected chi connectivity index (χ2v) is 4.62. The van der Waals surface area contributed by atoms with E-state index in [0.717, 1.165) is 16.9 Å². The van der Waals surface area contributed by atoms with Crippen LogP contribution >= 0.6 is 0 Å². The maximum Gasteiger partial charge on any atom is 0.182 e. The third kappa shape index (κ3) is 1.92. The SMILES string of the molecule is Cc1nc2ccc(C(=O)C(C)(C)C#N)cc2[nH]1. The average molecular weight is 227 g/mol. The highest BCUT2D eigenvalue weighted by molar-refractivity contribution is 6.03. The number of Topliss-reactive ketones (excluding diaryl/α,β-unsaturated/α-hetero) is 1. The number of nitrogens with zero attached hydrogens (tertiary/aromatic N) is 2. The lowest BCUT2D eigenvalue weighted by molar-refractivity contribution is 0.0892. The molecule has 1 N–H and O–H groups in total. The second kappa shape index (κ2) is 3.70. The van der Waals surface area contributed by atoms with Crippen LogP contribution in [0.5, 0.6) is 0 Å². The molecule has 0 amide bonds. The van der Waals surface area contributed by atoms with Crippen LogP contribution in [0.2, 0.25) is 0 Å². The Morgan fingerprint density at radius 3 is 2.82 bits per heavy atom. The Morgan fingerprint density at radius 2 is 2.18 bits per heavy atom. The molecular weight excluding hydrogens is 214 g/mol. The molecular formula is C13H13N3O. The van der Waals surface area contributed by atoms with E-state index in [9.17, 15) is 4.79 Å². The molecule has 0 spiro atoms. The van der Waals surface area contributed by atoms with Gasteiger partial charge in [0, 0.05) is 5.56 Å². The van der Waals surface area contributed by atoms with Crippen LogP contribution in [0.4, 0.5) is 0 Å². The molecule has 17 heavy (non-hydrogen) atoms. The summed E-state index contributed by atoms with van der Waals surface area (Å²) in [5.41, 5.74) is 1.19. The maximum absolute atomic E-state index is 12.1. The van der Waals surface area contributed by atoms with Crippen molar-refractivity contribution < 1.29 is 4.79 Å². The topological polar surface area (TPSA) is 69.5 Å². The number of nitriles is 1. The van der Waals surface area contributed by atoms with Gasteiger partial charge in [-0.3, -0.25) is 4.79 Å². The quantitative estimate of drug-likeness (QED) is 0.801. The molecule has 2 rings (SSSR count). The van der Waals surface area contributed by atoms with E-state index in [1.54, 1.807) is 32.0 Å². The van der Waals surface area contributed by atoms with E-state index in [2.05, 4.69) is 9.97 Å². The van der Waals surface area contributed by atoms with Gasteiger partial charge < -0.3 is 4.98 Å². The molecule has 0 fully saturated rings. The fourth-order valence-electron chi connectivity index (χ4n) is 1.69. The minimum atomic E-state index is -0.997. The summed E-state index contributed by atoms with van der Waals surface area (Å²) in [4.78, 5) is 19.4. The van der Waals surface area contributed by atoms with Crippen molar-refractivity contribution in [3.63, 3.8) is 0 Å². The van der Waals surface area contributed by atoms with Gasteiger partial charge in [0.1, 0.15) is 11.2 Å². The lowest BCUT2D eigenvalue weighted by atomic mass is 9.86. The zero-order valence-corrected chi connectivity index (χ0v) is 10.0. The fourth-order valence-corrected chi connectivity index (χ4v) is 1.69. The molecule has 2 aromatic rings. The Hall–Kier alpha value is -2.15. The molecule has 0 unspecified atom stereocenters. The molecule has 0 aliphatic heterocycles. The highest BCUT2D eigenvalue weighted by atomic mass is 16.1. The third-order valence-electron chi connectivity index (χ3n) is 2.71. The van der Waals surface area contributed by atoms with Gasteiger partial charge in [-0.1, -0.05) is 0 Å². The number of carbonyl (C=O) groups excluding carboxylic acids is 1. The summed E-state index contributed by atoms with van der Waals surface area (Å²) in [5.74, 6) is 0.637. The number of ketones is 1. The Kier molecular flexibility index (Phi) is 2.47. The molecule has 0 atom stereocenters. The first-order valence-corrected chi connectivity index (χ1v) is 5.36. The highest BCUT2D eigenvalue weighted by Crippen LogP contribution is 2.23. The van der Waals surface area contributed by atoms with Gasteiger partial charge in [-0.2, -0.15) is 5.26 Å². The lowest BCUT2D eigenvalue weighted by Gasteiger charge is -2.13. The van der Waals surface area contributed by atoms with Gasteiger partial charge >= 0.3 is 0 Å². The molecule has 86 valence electrons. The number of aromatic amines is 1. The summed E-state index contributed by atoms with van der Waals surface area (Å²) in [6.07, 6.45) is 0. The number of hydrogen-bond acceptors (Lipinski definition) is 3. The zero-order valence-electron chi connectivity index (χ0n) is 10.0. The molecule has 0 radical (unpaired) electrons. The number of H-pyrrole nitrogens is 1. The third-order valence-corrected chi connectivity index (χ3v) is 2.71. The molecule has 0 aliphatic rings. The smallest absolute Gasteiger partial charge is 0.182 e. The summed E-state index contributed by atoms with van der Waals surface area (Å²) in [7, 11) is 0. The standard InChI is InChI=1S/C13H13N3O/c1-8-15-10-5-4-9(6-11(10)16-8)12(17)13(2,3)7-14/h4-6H,1-3H3,(H,15,16). The van der Waals surface area contributed by atoms with E-state index < -0.39 is 5.41 Å². The predicted octanol–water partition coefficient (Wildman–Crippen LogP) is 2.60. The van der Waals surface area contributed by atoms with Crippen LogP contribution in [0.1, 0.15) is 30.0 Å². The normalized spacial score (nSPS) is 11.4. The van der Waals surface area contributed by atoms with Crippen LogP contribution in [0.25, 0.3) is 11.0 Å². The van der Waals surface area contributed by atoms with E-state index in [0.29, 0.717) is 5.56 Å². The van der Waals surface area contributed by atoms with E-state index in [1.165, 1.54) is 0 Å². The minimum Gasteiger partial charge on any atom is -0.342 e. The number of aryl methyl sites for hydroxylation is 1. The van der Waals surface area contributed by atoms with E-state index in [-0.39, 0.29) is 5.78 Å². The van der Waals surface area contributed by atoms with Crippen molar-refractivity contribution in [1.29, 1.82) is 5.26 Å². The lowest BCUT2D eigenvalue weighted by Crippen LogP contribution is -2.22. The number of aromatic nitrogens is 2. The second-order valence-electron chi connectivity index (χ2n) is 4.62. The summed E-state index contributed by atoms with van der Waals surface area (Å²) < 4.78 is 0.